The van der Waals surface area contributed by atoms with Gasteiger partial charge in [-0.1, -0.05) is 29.8 Å². The second-order valence-corrected chi connectivity index (χ2v) is 6.07. The van der Waals surface area contributed by atoms with Crippen LogP contribution in [0.4, 0.5) is 0 Å². The molecule has 1 atom stereocenters. The number of morpholine rings is 1. The number of carbonyl (C=O) groups excluding carboxylic acids is 1. The minimum atomic E-state index is -0.250. The summed E-state index contributed by atoms with van der Waals surface area (Å²) in [5.74, 6) is 0.149. The van der Waals surface area contributed by atoms with Crippen molar-refractivity contribution in [1.29, 1.82) is 0 Å². The Labute approximate surface area is 148 Å². The highest BCUT2D eigenvalue weighted by Gasteiger charge is 2.28. The summed E-state index contributed by atoms with van der Waals surface area (Å²) in [6.45, 7) is 5.05. The molecule has 1 aliphatic heterocycles. The number of aliphatic hydroxyl groups excluding tert-OH is 1. The van der Waals surface area contributed by atoms with Gasteiger partial charge in [0.25, 0.3) is 6.47 Å². The third-order valence-electron chi connectivity index (χ3n) is 3.99. The fraction of sp³-hybridized carbons (Fsp3) is 0.556. The molecular weight excluding hydrogens is 324 g/mol. The minimum absolute atomic E-state index is 0.0580. The Bertz CT molecular complexity index is 538. The lowest BCUT2D eigenvalue weighted by molar-refractivity contribution is -0.139. The number of ether oxygens (including phenoxy) is 1. The predicted octanol–water partition coefficient (Wildman–Crippen LogP) is 0.390. The number of rotatable bonds is 6. The highest BCUT2D eigenvalue weighted by atomic mass is 16.5. The monoisotopic (exact) mass is 352 g/mol. The quantitative estimate of drug-likeness (QED) is 0.720. The van der Waals surface area contributed by atoms with Gasteiger partial charge in [-0.25, -0.2) is 0 Å². The van der Waals surface area contributed by atoms with Gasteiger partial charge in [-0.3, -0.25) is 9.59 Å². The van der Waals surface area contributed by atoms with Gasteiger partial charge in [0.15, 0.2) is 0 Å². The second kappa shape index (κ2) is 11.6. The van der Waals surface area contributed by atoms with Crippen LogP contribution in [0.1, 0.15) is 11.1 Å². The zero-order valence-corrected chi connectivity index (χ0v) is 14.9. The Morgan fingerprint density at radius 2 is 2.20 bits per heavy atom. The van der Waals surface area contributed by atoms with Crippen LogP contribution in [0.25, 0.3) is 0 Å². The molecule has 0 saturated carbocycles. The number of carbonyl (C=O) groups is 2. The fourth-order valence-electron chi connectivity index (χ4n) is 2.85. The Morgan fingerprint density at radius 1 is 1.48 bits per heavy atom. The first-order valence-corrected chi connectivity index (χ1v) is 8.31. The van der Waals surface area contributed by atoms with E-state index in [0.29, 0.717) is 32.7 Å². The second-order valence-electron chi connectivity index (χ2n) is 6.07. The number of hydrogen-bond acceptors (Lipinski definition) is 5. The molecule has 0 radical (unpaired) electrons. The van der Waals surface area contributed by atoms with Crippen LogP contribution >= 0.6 is 0 Å². The highest BCUT2D eigenvalue weighted by molar-refractivity contribution is 5.79. The minimum Gasteiger partial charge on any atom is -0.483 e. The number of nitrogens with zero attached hydrogens (tertiary/aromatic N) is 2. The SMILES string of the molecule is Cc1cccc(CC(=O)N2CCOCC2CN(C)CCO)c1.O=CO. The van der Waals surface area contributed by atoms with Crippen LogP contribution in [-0.4, -0.2) is 84.9 Å². The lowest BCUT2D eigenvalue weighted by atomic mass is 10.1. The van der Waals surface area contributed by atoms with E-state index in [1.807, 2.05) is 42.0 Å². The van der Waals surface area contributed by atoms with Crippen molar-refractivity contribution in [2.75, 3.05) is 46.5 Å². The molecule has 2 rings (SSSR count). The molecule has 25 heavy (non-hydrogen) atoms. The molecule has 0 aliphatic carbocycles. The van der Waals surface area contributed by atoms with E-state index in [1.54, 1.807) is 0 Å². The van der Waals surface area contributed by atoms with Crippen molar-refractivity contribution in [3.8, 4) is 0 Å². The van der Waals surface area contributed by atoms with Gasteiger partial charge in [0.05, 0.1) is 32.3 Å². The number of aryl methyl sites for hydroxylation is 1. The average molecular weight is 352 g/mol. The maximum Gasteiger partial charge on any atom is 0.290 e. The van der Waals surface area contributed by atoms with Crippen molar-refractivity contribution in [1.82, 2.24) is 9.80 Å². The molecule has 7 nitrogen and oxygen atoms in total. The largest absolute Gasteiger partial charge is 0.483 e. The maximum atomic E-state index is 12.6. The summed E-state index contributed by atoms with van der Waals surface area (Å²) >= 11 is 0. The van der Waals surface area contributed by atoms with Crippen molar-refractivity contribution in [3.05, 3.63) is 35.4 Å². The Morgan fingerprint density at radius 3 is 2.84 bits per heavy atom. The van der Waals surface area contributed by atoms with Crippen LogP contribution in [0.15, 0.2) is 24.3 Å². The molecule has 7 heteroatoms. The third kappa shape index (κ3) is 7.64. The number of aliphatic hydroxyl groups is 1. The third-order valence-corrected chi connectivity index (χ3v) is 3.99. The first-order chi connectivity index (χ1) is 12.0. The number of carboxylic acid groups (broad SMARTS) is 1. The van der Waals surface area contributed by atoms with Crippen molar-refractivity contribution >= 4 is 12.4 Å². The van der Waals surface area contributed by atoms with E-state index in [-0.39, 0.29) is 25.0 Å². The molecule has 1 saturated heterocycles. The van der Waals surface area contributed by atoms with Gasteiger partial charge in [-0.2, -0.15) is 0 Å². The van der Waals surface area contributed by atoms with Crippen molar-refractivity contribution in [3.63, 3.8) is 0 Å². The van der Waals surface area contributed by atoms with Gasteiger partial charge in [0, 0.05) is 19.6 Å². The van der Waals surface area contributed by atoms with Gasteiger partial charge in [0.2, 0.25) is 5.91 Å². The summed E-state index contributed by atoms with van der Waals surface area (Å²) < 4.78 is 5.53. The first kappa shape index (κ1) is 21.1. The molecule has 1 heterocycles. The molecule has 0 spiro atoms. The van der Waals surface area contributed by atoms with Gasteiger partial charge in [-0.05, 0) is 19.5 Å². The van der Waals surface area contributed by atoms with E-state index < -0.39 is 0 Å². The van der Waals surface area contributed by atoms with Gasteiger partial charge in [-0.15, -0.1) is 0 Å². The number of likely N-dealkylation sites (N-methyl/N-ethyl adjacent to an activating group) is 1. The molecule has 1 fully saturated rings. The van der Waals surface area contributed by atoms with Crippen LogP contribution in [-0.2, 0) is 20.7 Å². The summed E-state index contributed by atoms with van der Waals surface area (Å²) in [6.07, 6.45) is 0.432. The summed E-state index contributed by atoms with van der Waals surface area (Å²) in [5, 5.41) is 15.9. The van der Waals surface area contributed by atoms with Crippen LogP contribution in [0.5, 0.6) is 0 Å². The van der Waals surface area contributed by atoms with Crippen LogP contribution in [0.3, 0.4) is 0 Å². The van der Waals surface area contributed by atoms with E-state index in [2.05, 4.69) is 6.07 Å². The Balaban J connectivity index is 0.000000970. The summed E-state index contributed by atoms with van der Waals surface area (Å²) in [4.78, 5) is 25.0. The van der Waals surface area contributed by atoms with Crippen molar-refractivity contribution in [2.24, 2.45) is 0 Å². The van der Waals surface area contributed by atoms with Crippen molar-refractivity contribution < 1.29 is 24.5 Å². The summed E-state index contributed by atoms with van der Waals surface area (Å²) in [6, 6.07) is 8.14. The molecule has 1 unspecified atom stereocenters. The van der Waals surface area contributed by atoms with Crippen LogP contribution < -0.4 is 0 Å². The molecule has 1 amide bonds. The lowest BCUT2D eigenvalue weighted by Gasteiger charge is -2.37. The van der Waals surface area contributed by atoms with Crippen LogP contribution in [0.2, 0.25) is 0 Å². The molecule has 0 bridgehead atoms. The molecule has 140 valence electrons. The Kier molecular flexibility index (Phi) is 9.76. The fourth-order valence-corrected chi connectivity index (χ4v) is 2.85. The molecular formula is C18H28N2O5. The molecule has 1 aromatic carbocycles. The number of amides is 1. The van der Waals surface area contributed by atoms with Crippen LogP contribution in [0, 0.1) is 6.92 Å². The maximum absolute atomic E-state index is 12.6. The van der Waals surface area contributed by atoms with E-state index in [1.165, 1.54) is 5.56 Å². The smallest absolute Gasteiger partial charge is 0.290 e. The van der Waals surface area contributed by atoms with E-state index in [4.69, 9.17) is 19.7 Å². The molecule has 2 N–H and O–H groups in total. The lowest BCUT2D eigenvalue weighted by Crippen LogP contribution is -2.53. The van der Waals surface area contributed by atoms with Gasteiger partial charge in [0.1, 0.15) is 0 Å². The van der Waals surface area contributed by atoms with Gasteiger partial charge >= 0.3 is 0 Å². The zero-order valence-electron chi connectivity index (χ0n) is 14.9. The summed E-state index contributed by atoms with van der Waals surface area (Å²) in [5.41, 5.74) is 2.23. The topological polar surface area (TPSA) is 90.3 Å². The van der Waals surface area contributed by atoms with Crippen molar-refractivity contribution in [2.45, 2.75) is 19.4 Å². The van der Waals surface area contributed by atoms with E-state index >= 15 is 0 Å². The molecule has 1 aliphatic rings. The standard InChI is InChI=1S/C17H26N2O3.CH2O2/c1-14-4-3-5-15(10-14)11-17(21)19-7-9-22-13-16(19)12-18(2)6-8-20;2-1-3/h3-5,10,16,20H,6-9,11-13H2,1-2H3;1H,(H,2,3). The first-order valence-electron chi connectivity index (χ1n) is 8.31. The molecule has 1 aromatic rings. The zero-order chi connectivity index (χ0) is 18.7. The highest BCUT2D eigenvalue weighted by Crippen LogP contribution is 2.12. The summed E-state index contributed by atoms with van der Waals surface area (Å²) in [7, 11) is 1.95. The predicted molar refractivity (Wildman–Crippen MR) is 94.5 cm³/mol. The normalized spacial score (nSPS) is 17.0. The van der Waals surface area contributed by atoms with E-state index in [9.17, 15) is 4.79 Å². The average Bonchev–Trinajstić information content (AvgIpc) is 2.56. The number of hydrogen-bond donors (Lipinski definition) is 2. The van der Waals surface area contributed by atoms with E-state index in [0.717, 1.165) is 12.1 Å². The van der Waals surface area contributed by atoms with Gasteiger partial charge < -0.3 is 24.7 Å². The molecule has 0 aromatic heterocycles. The number of benzene rings is 1. The Hall–Kier alpha value is -1.96.